The zero-order valence-electron chi connectivity index (χ0n) is 17.8. The molecular formula is C24H34N4O. The average molecular weight is 395 g/mol. The van der Waals surface area contributed by atoms with E-state index >= 15 is 0 Å². The smallest absolute Gasteiger partial charge is 0.191 e. The number of ether oxygens (including phenoxy) is 1. The van der Waals surface area contributed by atoms with E-state index in [9.17, 15) is 0 Å². The van der Waals surface area contributed by atoms with Crippen molar-refractivity contribution in [2.24, 2.45) is 10.4 Å². The average Bonchev–Trinajstić information content (AvgIpc) is 3.24. The van der Waals surface area contributed by atoms with Crippen LogP contribution in [-0.2, 0) is 11.3 Å². The van der Waals surface area contributed by atoms with Gasteiger partial charge in [0.05, 0.1) is 12.2 Å². The molecule has 0 atom stereocenters. The number of hydrogen-bond acceptors (Lipinski definition) is 3. The Morgan fingerprint density at radius 3 is 2.72 bits per heavy atom. The van der Waals surface area contributed by atoms with Gasteiger partial charge in [-0.3, -0.25) is 4.98 Å². The number of guanidine groups is 1. The van der Waals surface area contributed by atoms with Gasteiger partial charge in [-0.15, -0.1) is 0 Å². The molecule has 5 heteroatoms. The van der Waals surface area contributed by atoms with Crippen molar-refractivity contribution < 1.29 is 4.74 Å². The number of rotatable bonds is 9. The highest BCUT2D eigenvalue weighted by Crippen LogP contribution is 2.40. The van der Waals surface area contributed by atoms with Crippen molar-refractivity contribution >= 4 is 5.96 Å². The molecule has 5 nitrogen and oxygen atoms in total. The molecule has 0 unspecified atom stereocenters. The van der Waals surface area contributed by atoms with Crippen molar-refractivity contribution in [3.05, 3.63) is 54.2 Å². The first-order valence-corrected chi connectivity index (χ1v) is 10.8. The summed E-state index contributed by atoms with van der Waals surface area (Å²) >= 11 is 0. The molecule has 0 saturated heterocycles. The molecule has 1 fully saturated rings. The maximum absolute atomic E-state index is 5.36. The van der Waals surface area contributed by atoms with Crippen LogP contribution in [0.4, 0.5) is 0 Å². The summed E-state index contributed by atoms with van der Waals surface area (Å²) in [5.41, 5.74) is 3.64. The molecule has 0 aliphatic heterocycles. The molecule has 1 saturated carbocycles. The summed E-state index contributed by atoms with van der Waals surface area (Å²) in [6.45, 7) is 5.38. The Balaban J connectivity index is 1.65. The summed E-state index contributed by atoms with van der Waals surface area (Å²) in [6, 6.07) is 14.5. The number of benzene rings is 1. The van der Waals surface area contributed by atoms with E-state index in [-0.39, 0.29) is 0 Å². The van der Waals surface area contributed by atoms with Gasteiger partial charge in [0.25, 0.3) is 0 Å². The van der Waals surface area contributed by atoms with Gasteiger partial charge in [-0.1, -0.05) is 37.1 Å². The Labute approximate surface area is 175 Å². The number of nitrogens with zero attached hydrogens (tertiary/aromatic N) is 2. The van der Waals surface area contributed by atoms with E-state index in [2.05, 4.69) is 46.8 Å². The summed E-state index contributed by atoms with van der Waals surface area (Å²) in [6.07, 6.45) is 8.13. The Morgan fingerprint density at radius 2 is 2.00 bits per heavy atom. The van der Waals surface area contributed by atoms with Crippen LogP contribution in [0.25, 0.3) is 11.3 Å². The van der Waals surface area contributed by atoms with Gasteiger partial charge in [0.2, 0.25) is 0 Å². The molecule has 29 heavy (non-hydrogen) atoms. The molecule has 1 heterocycles. The van der Waals surface area contributed by atoms with Crippen LogP contribution in [0.3, 0.4) is 0 Å². The largest absolute Gasteiger partial charge is 0.385 e. The SMILES string of the molecule is CCNC(=NCc1cccc(-c2ccccn2)c1)NCC1(CCOC)CCCC1. The van der Waals surface area contributed by atoms with E-state index in [1.807, 2.05) is 24.4 Å². The topological polar surface area (TPSA) is 58.5 Å². The molecule has 3 rings (SSSR count). The fourth-order valence-corrected chi connectivity index (χ4v) is 4.10. The molecule has 1 aromatic carbocycles. The van der Waals surface area contributed by atoms with Gasteiger partial charge in [0.15, 0.2) is 5.96 Å². The van der Waals surface area contributed by atoms with Crippen molar-refractivity contribution in [2.75, 3.05) is 26.8 Å². The number of aromatic nitrogens is 1. The third-order valence-electron chi connectivity index (χ3n) is 5.78. The molecule has 0 bridgehead atoms. The standard InChI is InChI=1S/C24H34N4O/c1-3-25-23(28-19-24(14-16-29-2)12-5-6-13-24)27-18-20-9-8-10-21(17-20)22-11-4-7-15-26-22/h4,7-11,15,17H,3,5-6,12-14,16,18-19H2,1-2H3,(H2,25,27,28). The minimum atomic E-state index is 0.338. The summed E-state index contributed by atoms with van der Waals surface area (Å²) in [7, 11) is 1.79. The fourth-order valence-electron chi connectivity index (χ4n) is 4.10. The fraction of sp³-hybridized carbons (Fsp3) is 0.500. The maximum Gasteiger partial charge on any atom is 0.191 e. The monoisotopic (exact) mass is 394 g/mol. The van der Waals surface area contributed by atoms with Crippen molar-refractivity contribution in [3.8, 4) is 11.3 Å². The van der Waals surface area contributed by atoms with Gasteiger partial charge >= 0.3 is 0 Å². The summed E-state index contributed by atoms with van der Waals surface area (Å²) in [5.74, 6) is 0.888. The summed E-state index contributed by atoms with van der Waals surface area (Å²) in [5, 5.41) is 6.99. The van der Waals surface area contributed by atoms with E-state index in [1.54, 1.807) is 7.11 Å². The molecule has 0 amide bonds. The Bertz CT molecular complexity index is 769. The Morgan fingerprint density at radius 1 is 1.14 bits per heavy atom. The predicted molar refractivity (Wildman–Crippen MR) is 120 cm³/mol. The number of hydrogen-bond donors (Lipinski definition) is 2. The van der Waals surface area contributed by atoms with E-state index in [4.69, 9.17) is 9.73 Å². The van der Waals surface area contributed by atoms with Crippen LogP contribution in [0.2, 0.25) is 0 Å². The quantitative estimate of drug-likeness (QED) is 0.489. The van der Waals surface area contributed by atoms with Crippen LogP contribution >= 0.6 is 0 Å². The van der Waals surface area contributed by atoms with Gasteiger partial charge in [0.1, 0.15) is 0 Å². The Kier molecular flexibility index (Phi) is 8.05. The summed E-state index contributed by atoms with van der Waals surface area (Å²) < 4.78 is 5.36. The van der Waals surface area contributed by atoms with Gasteiger partial charge in [-0.2, -0.15) is 0 Å². The predicted octanol–water partition coefficient (Wildman–Crippen LogP) is 4.40. The first-order chi connectivity index (χ1) is 14.2. The first-order valence-electron chi connectivity index (χ1n) is 10.8. The van der Waals surface area contributed by atoms with E-state index < -0.39 is 0 Å². The van der Waals surface area contributed by atoms with Crippen LogP contribution in [-0.4, -0.2) is 37.7 Å². The molecule has 2 aromatic rings. The number of methoxy groups -OCH3 is 1. The molecule has 1 aliphatic carbocycles. The highest BCUT2D eigenvalue weighted by Gasteiger charge is 2.33. The molecule has 0 spiro atoms. The third kappa shape index (κ3) is 6.29. The molecule has 156 valence electrons. The second kappa shape index (κ2) is 11.0. The minimum absolute atomic E-state index is 0.338. The highest BCUT2D eigenvalue weighted by molar-refractivity contribution is 5.79. The second-order valence-corrected chi connectivity index (χ2v) is 7.91. The van der Waals surface area contributed by atoms with E-state index in [0.29, 0.717) is 12.0 Å². The van der Waals surface area contributed by atoms with Crippen LogP contribution in [0.15, 0.2) is 53.7 Å². The lowest BCUT2D eigenvalue weighted by Gasteiger charge is -2.30. The third-order valence-corrected chi connectivity index (χ3v) is 5.78. The molecule has 2 N–H and O–H groups in total. The second-order valence-electron chi connectivity index (χ2n) is 7.91. The van der Waals surface area contributed by atoms with Gasteiger partial charge in [-0.25, -0.2) is 4.99 Å². The summed E-state index contributed by atoms with van der Waals surface area (Å²) in [4.78, 5) is 9.28. The number of aliphatic imine (C=N–C) groups is 1. The van der Waals surface area contributed by atoms with Crippen LogP contribution in [0.1, 0.15) is 44.6 Å². The van der Waals surface area contributed by atoms with E-state index in [0.717, 1.165) is 43.3 Å². The normalized spacial score (nSPS) is 16.0. The maximum atomic E-state index is 5.36. The van der Waals surface area contributed by atoms with Gasteiger partial charge in [0, 0.05) is 38.6 Å². The lowest BCUT2D eigenvalue weighted by molar-refractivity contribution is 0.138. The van der Waals surface area contributed by atoms with Crippen LogP contribution in [0, 0.1) is 5.41 Å². The van der Waals surface area contributed by atoms with Crippen LogP contribution < -0.4 is 10.6 Å². The number of nitrogens with one attached hydrogen (secondary N) is 2. The first kappa shape index (κ1) is 21.3. The minimum Gasteiger partial charge on any atom is -0.385 e. The lowest BCUT2D eigenvalue weighted by atomic mass is 9.83. The zero-order valence-corrected chi connectivity index (χ0v) is 17.8. The Hall–Kier alpha value is -2.40. The zero-order chi connectivity index (χ0) is 20.4. The molecule has 0 radical (unpaired) electrons. The van der Waals surface area contributed by atoms with Crippen molar-refractivity contribution in [3.63, 3.8) is 0 Å². The highest BCUT2D eigenvalue weighted by atomic mass is 16.5. The van der Waals surface area contributed by atoms with Gasteiger partial charge < -0.3 is 15.4 Å². The molecular weight excluding hydrogens is 360 g/mol. The number of pyridine rings is 1. The van der Waals surface area contributed by atoms with Gasteiger partial charge in [-0.05, 0) is 55.4 Å². The van der Waals surface area contributed by atoms with Crippen LogP contribution in [0.5, 0.6) is 0 Å². The van der Waals surface area contributed by atoms with E-state index in [1.165, 1.54) is 31.2 Å². The van der Waals surface area contributed by atoms with Crippen molar-refractivity contribution in [2.45, 2.75) is 45.6 Å². The van der Waals surface area contributed by atoms with Crippen molar-refractivity contribution in [1.82, 2.24) is 15.6 Å². The molecule has 1 aromatic heterocycles. The van der Waals surface area contributed by atoms with Crippen molar-refractivity contribution in [1.29, 1.82) is 0 Å². The lowest BCUT2D eigenvalue weighted by Crippen LogP contribution is -2.43. The molecule has 1 aliphatic rings.